The molecule has 4 rings (SSSR count). The first-order valence-electron chi connectivity index (χ1n) is 9.42. The van der Waals surface area contributed by atoms with Crippen molar-refractivity contribution in [2.45, 2.75) is 32.0 Å². The molecule has 1 amide bonds. The van der Waals surface area contributed by atoms with Crippen LogP contribution in [0.15, 0.2) is 48.8 Å². The third-order valence-corrected chi connectivity index (χ3v) is 5.14. The molecule has 1 fully saturated rings. The summed E-state index contributed by atoms with van der Waals surface area (Å²) < 4.78 is 0. The molecule has 3 heterocycles. The van der Waals surface area contributed by atoms with Gasteiger partial charge in [0.15, 0.2) is 0 Å². The van der Waals surface area contributed by atoms with Crippen LogP contribution in [0, 0.1) is 0 Å². The second-order valence-electron chi connectivity index (χ2n) is 7.04. The van der Waals surface area contributed by atoms with Crippen molar-refractivity contribution in [2.24, 2.45) is 0 Å². The first-order chi connectivity index (χ1) is 13.2. The molecule has 3 aromatic rings. The average molecular weight is 364 g/mol. The van der Waals surface area contributed by atoms with Crippen LogP contribution in [-0.4, -0.2) is 39.0 Å². The predicted octanol–water partition coefficient (Wildman–Crippen LogP) is 2.97. The van der Waals surface area contributed by atoms with Crippen molar-refractivity contribution < 1.29 is 9.90 Å². The first kappa shape index (κ1) is 17.7. The van der Waals surface area contributed by atoms with E-state index in [1.54, 1.807) is 12.4 Å². The van der Waals surface area contributed by atoms with E-state index in [4.69, 9.17) is 0 Å². The van der Waals surface area contributed by atoms with E-state index in [1.165, 1.54) is 6.42 Å². The van der Waals surface area contributed by atoms with E-state index in [2.05, 4.69) is 20.2 Å². The Labute approximate surface area is 158 Å². The van der Waals surface area contributed by atoms with Crippen molar-refractivity contribution in [1.82, 2.24) is 20.2 Å². The van der Waals surface area contributed by atoms with Gasteiger partial charge in [-0.1, -0.05) is 30.7 Å². The Bertz CT molecular complexity index is 880. The third kappa shape index (κ3) is 4.02. The van der Waals surface area contributed by atoms with Crippen LogP contribution in [0.3, 0.4) is 0 Å². The monoisotopic (exact) mass is 364 g/mol. The van der Waals surface area contributed by atoms with Crippen molar-refractivity contribution >= 4 is 16.8 Å². The second kappa shape index (κ2) is 7.90. The summed E-state index contributed by atoms with van der Waals surface area (Å²) in [6.45, 7) is 2.32. The van der Waals surface area contributed by atoms with E-state index in [0.717, 1.165) is 48.0 Å². The molecule has 1 atom stereocenters. The van der Waals surface area contributed by atoms with Gasteiger partial charge in [-0.15, -0.1) is 0 Å². The number of H-pyrrole nitrogens is 1. The number of benzene rings is 1. The number of aromatic nitrogens is 2. The van der Waals surface area contributed by atoms with Gasteiger partial charge in [0.1, 0.15) is 11.9 Å². The fourth-order valence-electron chi connectivity index (χ4n) is 3.55. The average Bonchev–Trinajstić information content (AvgIpc) is 3.17. The Balaban J connectivity index is 1.36. The summed E-state index contributed by atoms with van der Waals surface area (Å²) in [5.41, 5.74) is 3.26. The van der Waals surface area contributed by atoms with Crippen LogP contribution in [0.4, 0.5) is 0 Å². The van der Waals surface area contributed by atoms with Crippen molar-refractivity contribution in [1.29, 1.82) is 0 Å². The predicted molar refractivity (Wildman–Crippen MR) is 104 cm³/mol. The molecule has 1 aliphatic rings. The largest absolute Gasteiger partial charge is 0.374 e. The summed E-state index contributed by atoms with van der Waals surface area (Å²) in [5, 5.41) is 14.4. The van der Waals surface area contributed by atoms with Gasteiger partial charge in [0, 0.05) is 31.2 Å². The van der Waals surface area contributed by atoms with Crippen LogP contribution in [0.5, 0.6) is 0 Å². The molecule has 0 spiro atoms. The van der Waals surface area contributed by atoms with E-state index in [9.17, 15) is 9.90 Å². The molecule has 0 radical (unpaired) electrons. The van der Waals surface area contributed by atoms with Gasteiger partial charge in [0.2, 0.25) is 0 Å². The Morgan fingerprint density at radius 2 is 1.96 bits per heavy atom. The minimum atomic E-state index is -0.547. The SMILES string of the molecule is O=C(NCc1ccc(C(O)N2CCCCC2)cc1)c1cc2ccncc2[nH]1. The number of hydrogen-bond acceptors (Lipinski definition) is 4. The summed E-state index contributed by atoms with van der Waals surface area (Å²) in [5.74, 6) is -0.149. The zero-order valence-corrected chi connectivity index (χ0v) is 15.2. The number of fused-ring (bicyclic) bond motifs is 1. The van der Waals surface area contributed by atoms with E-state index >= 15 is 0 Å². The summed E-state index contributed by atoms with van der Waals surface area (Å²) in [6, 6.07) is 11.5. The lowest BCUT2D eigenvalue weighted by Crippen LogP contribution is -2.33. The van der Waals surface area contributed by atoms with Gasteiger partial charge < -0.3 is 15.4 Å². The molecule has 2 aromatic heterocycles. The maximum absolute atomic E-state index is 12.4. The highest BCUT2D eigenvalue weighted by Gasteiger charge is 2.19. The van der Waals surface area contributed by atoms with Gasteiger partial charge in [-0.2, -0.15) is 0 Å². The fraction of sp³-hybridized carbons (Fsp3) is 0.333. The zero-order chi connectivity index (χ0) is 18.6. The zero-order valence-electron chi connectivity index (χ0n) is 15.2. The Morgan fingerprint density at radius 3 is 2.70 bits per heavy atom. The minimum absolute atomic E-state index is 0.149. The molecule has 0 aliphatic carbocycles. The quantitative estimate of drug-likeness (QED) is 0.650. The lowest BCUT2D eigenvalue weighted by Gasteiger charge is -2.31. The number of rotatable bonds is 5. The molecule has 0 saturated carbocycles. The molecule has 0 bridgehead atoms. The summed E-state index contributed by atoms with van der Waals surface area (Å²) >= 11 is 0. The van der Waals surface area contributed by atoms with Crippen molar-refractivity contribution in [2.75, 3.05) is 13.1 Å². The van der Waals surface area contributed by atoms with E-state index in [-0.39, 0.29) is 5.91 Å². The van der Waals surface area contributed by atoms with Crippen molar-refractivity contribution in [3.8, 4) is 0 Å². The summed E-state index contributed by atoms with van der Waals surface area (Å²) in [4.78, 5) is 21.6. The normalized spacial score (nSPS) is 16.3. The summed E-state index contributed by atoms with van der Waals surface area (Å²) in [6.07, 6.45) is 6.40. The molecular formula is C21H24N4O2. The minimum Gasteiger partial charge on any atom is -0.374 e. The lowest BCUT2D eigenvalue weighted by atomic mass is 10.1. The number of pyridine rings is 1. The van der Waals surface area contributed by atoms with Gasteiger partial charge in [-0.25, -0.2) is 0 Å². The lowest BCUT2D eigenvalue weighted by molar-refractivity contribution is -0.00983. The number of hydrogen-bond donors (Lipinski definition) is 3. The number of amides is 1. The van der Waals surface area contributed by atoms with Crippen LogP contribution >= 0.6 is 0 Å². The maximum Gasteiger partial charge on any atom is 0.267 e. The third-order valence-electron chi connectivity index (χ3n) is 5.14. The molecule has 6 nitrogen and oxygen atoms in total. The number of carbonyl (C=O) groups is 1. The number of likely N-dealkylation sites (tertiary alicyclic amines) is 1. The Kier molecular flexibility index (Phi) is 5.18. The fourth-order valence-corrected chi connectivity index (χ4v) is 3.55. The molecule has 6 heteroatoms. The van der Waals surface area contributed by atoms with E-state index in [0.29, 0.717) is 12.2 Å². The second-order valence-corrected chi connectivity index (χ2v) is 7.04. The van der Waals surface area contributed by atoms with Crippen LogP contribution in [-0.2, 0) is 6.54 Å². The molecule has 1 aromatic carbocycles. The number of nitrogens with one attached hydrogen (secondary N) is 2. The van der Waals surface area contributed by atoms with Crippen LogP contribution in [0.2, 0.25) is 0 Å². The van der Waals surface area contributed by atoms with Crippen LogP contribution in [0.25, 0.3) is 10.9 Å². The first-order valence-corrected chi connectivity index (χ1v) is 9.42. The van der Waals surface area contributed by atoms with Crippen LogP contribution < -0.4 is 5.32 Å². The standard InChI is InChI=1S/C21H24N4O2/c26-20(18-12-17-8-9-22-14-19(17)24-18)23-13-15-4-6-16(7-5-15)21(27)25-10-2-1-3-11-25/h4-9,12,14,21,24,27H,1-3,10-11,13H2,(H,23,26). The van der Waals surface area contributed by atoms with Crippen molar-refractivity contribution in [3.63, 3.8) is 0 Å². The van der Waals surface area contributed by atoms with Gasteiger partial charge in [-0.05, 0) is 36.1 Å². The number of piperidine rings is 1. The summed E-state index contributed by atoms with van der Waals surface area (Å²) in [7, 11) is 0. The molecular weight excluding hydrogens is 340 g/mol. The molecule has 1 saturated heterocycles. The highest BCUT2D eigenvalue weighted by atomic mass is 16.3. The highest BCUT2D eigenvalue weighted by molar-refractivity contribution is 5.97. The number of aliphatic hydroxyl groups is 1. The van der Waals surface area contributed by atoms with Gasteiger partial charge >= 0.3 is 0 Å². The molecule has 1 aliphatic heterocycles. The van der Waals surface area contributed by atoms with Crippen LogP contribution in [0.1, 0.15) is 47.1 Å². The highest BCUT2D eigenvalue weighted by Crippen LogP contribution is 2.22. The molecule has 3 N–H and O–H groups in total. The van der Waals surface area contributed by atoms with E-state index in [1.807, 2.05) is 36.4 Å². The van der Waals surface area contributed by atoms with Crippen molar-refractivity contribution in [3.05, 3.63) is 65.6 Å². The van der Waals surface area contributed by atoms with Gasteiger partial charge in [-0.3, -0.25) is 14.7 Å². The number of carbonyl (C=O) groups excluding carboxylic acids is 1. The van der Waals surface area contributed by atoms with E-state index < -0.39 is 6.23 Å². The number of nitrogens with zero attached hydrogens (tertiary/aromatic N) is 2. The maximum atomic E-state index is 12.4. The number of aromatic amines is 1. The molecule has 140 valence electrons. The smallest absolute Gasteiger partial charge is 0.267 e. The Morgan fingerprint density at radius 1 is 1.19 bits per heavy atom. The molecule has 27 heavy (non-hydrogen) atoms. The van der Waals surface area contributed by atoms with Gasteiger partial charge in [0.05, 0.1) is 11.7 Å². The van der Waals surface area contributed by atoms with Gasteiger partial charge in [0.25, 0.3) is 5.91 Å². The number of aliphatic hydroxyl groups excluding tert-OH is 1. The molecule has 1 unspecified atom stereocenters. The Hall–Kier alpha value is -2.70. The topological polar surface area (TPSA) is 81.2 Å².